The van der Waals surface area contributed by atoms with Gasteiger partial charge in [-0.2, -0.15) is 0 Å². The first kappa shape index (κ1) is 22.0. The average Bonchev–Trinajstić information content (AvgIpc) is 2.99. The minimum absolute atomic E-state index is 0. The number of hydrogen-bond acceptors (Lipinski definition) is 3. The summed E-state index contributed by atoms with van der Waals surface area (Å²) >= 11 is 4.63. The van der Waals surface area contributed by atoms with E-state index in [0.717, 1.165) is 35.3 Å². The van der Waals surface area contributed by atoms with Gasteiger partial charge in [0.1, 0.15) is 5.75 Å². The summed E-state index contributed by atoms with van der Waals surface area (Å²) < 4.78 is 2.20. The number of nitrogens with one attached hydrogen (secondary N) is 1. The second-order valence-corrected chi connectivity index (χ2v) is 8.51. The Morgan fingerprint density at radius 3 is 2.30 bits per heavy atom. The van der Waals surface area contributed by atoms with Crippen molar-refractivity contribution < 1.29 is 5.11 Å². The molecular weight excluding hydrogens is 561 g/mol. The Bertz CT molecular complexity index is 507. The second-order valence-electron chi connectivity index (χ2n) is 6.10. The summed E-state index contributed by atoms with van der Waals surface area (Å²) in [6, 6.07) is 4.64. The van der Waals surface area contributed by atoms with E-state index in [2.05, 4.69) is 67.5 Å². The minimum Gasteiger partial charge on any atom is -0.506 e. The van der Waals surface area contributed by atoms with E-state index in [-0.39, 0.29) is 24.8 Å². The fourth-order valence-corrected chi connectivity index (χ4v) is 5.68. The Labute approximate surface area is 178 Å². The summed E-state index contributed by atoms with van der Waals surface area (Å²) in [5, 5.41) is 14.1. The van der Waals surface area contributed by atoms with E-state index in [1.165, 1.54) is 29.3 Å². The highest BCUT2D eigenvalue weighted by molar-refractivity contribution is 14.1. The van der Waals surface area contributed by atoms with E-state index in [1.807, 2.05) is 0 Å². The van der Waals surface area contributed by atoms with Crippen molar-refractivity contribution in [2.45, 2.75) is 31.7 Å². The molecule has 1 aliphatic heterocycles. The number of hydrogen-bond donors (Lipinski definition) is 2. The molecule has 0 aromatic heterocycles. The quantitative estimate of drug-likeness (QED) is 0.511. The van der Waals surface area contributed by atoms with Crippen LogP contribution < -0.4 is 5.32 Å². The molecule has 1 heterocycles. The molecular formula is C16H24Cl2I2N2O. The topological polar surface area (TPSA) is 35.5 Å². The van der Waals surface area contributed by atoms with Gasteiger partial charge in [-0.05, 0) is 76.1 Å². The first-order valence-electron chi connectivity index (χ1n) is 7.79. The van der Waals surface area contributed by atoms with E-state index >= 15 is 0 Å². The molecule has 0 unspecified atom stereocenters. The van der Waals surface area contributed by atoms with Crippen LogP contribution in [0.25, 0.3) is 0 Å². The molecule has 1 saturated heterocycles. The fraction of sp³-hybridized carbons (Fsp3) is 0.625. The van der Waals surface area contributed by atoms with Crippen molar-refractivity contribution in [3.63, 3.8) is 0 Å². The molecule has 2 fully saturated rings. The summed E-state index contributed by atoms with van der Waals surface area (Å²) in [7, 11) is 0. The highest BCUT2D eigenvalue weighted by Gasteiger charge is 2.34. The molecule has 0 amide bonds. The third-order valence-corrected chi connectivity index (χ3v) is 6.21. The van der Waals surface area contributed by atoms with Crippen LogP contribution in [-0.2, 0) is 0 Å². The van der Waals surface area contributed by atoms with Gasteiger partial charge in [0, 0.05) is 41.4 Å². The lowest BCUT2D eigenvalue weighted by Crippen LogP contribution is -2.46. The highest BCUT2D eigenvalue weighted by Crippen LogP contribution is 2.44. The van der Waals surface area contributed by atoms with Crippen LogP contribution in [0.3, 0.4) is 0 Å². The number of piperazine rings is 1. The second kappa shape index (κ2) is 10.2. The van der Waals surface area contributed by atoms with E-state index < -0.39 is 0 Å². The van der Waals surface area contributed by atoms with Crippen LogP contribution in [0, 0.1) is 13.1 Å². The van der Waals surface area contributed by atoms with Gasteiger partial charge in [-0.25, -0.2) is 0 Å². The third kappa shape index (κ3) is 5.23. The third-order valence-electron chi connectivity index (χ3n) is 4.77. The van der Waals surface area contributed by atoms with Crippen molar-refractivity contribution >= 4 is 70.0 Å². The smallest absolute Gasteiger partial charge is 0.133 e. The first-order chi connectivity index (χ1) is 10.2. The Hall–Kier alpha value is 0.980. The lowest BCUT2D eigenvalue weighted by atomic mass is 9.89. The SMILES string of the molecule is Cl.Cl.Oc1c(I)cc(I)cc1[C@H](C1CCCC1)N1CCNCC1. The molecule has 3 nitrogen and oxygen atoms in total. The van der Waals surface area contributed by atoms with Crippen molar-refractivity contribution in [2.75, 3.05) is 26.2 Å². The summed E-state index contributed by atoms with van der Waals surface area (Å²) in [4.78, 5) is 2.59. The van der Waals surface area contributed by atoms with Crippen LogP contribution in [0.4, 0.5) is 0 Å². The maximum absolute atomic E-state index is 10.6. The first-order valence-corrected chi connectivity index (χ1v) is 9.95. The monoisotopic (exact) mass is 584 g/mol. The molecule has 1 aliphatic carbocycles. The summed E-state index contributed by atoms with van der Waals surface area (Å²) in [6.07, 6.45) is 5.29. The Balaban J connectivity index is 0.00000132. The number of rotatable bonds is 3. The Morgan fingerprint density at radius 2 is 1.70 bits per heavy atom. The van der Waals surface area contributed by atoms with Crippen molar-refractivity contribution in [3.8, 4) is 5.75 Å². The number of benzene rings is 1. The van der Waals surface area contributed by atoms with Crippen LogP contribution in [0.15, 0.2) is 12.1 Å². The molecule has 3 rings (SSSR count). The van der Waals surface area contributed by atoms with Gasteiger partial charge in [-0.3, -0.25) is 4.90 Å². The molecule has 0 bridgehead atoms. The summed E-state index contributed by atoms with van der Waals surface area (Å²) in [5.41, 5.74) is 1.15. The zero-order valence-corrected chi connectivity index (χ0v) is 18.9. The van der Waals surface area contributed by atoms with Crippen LogP contribution in [0.1, 0.15) is 37.3 Å². The van der Waals surface area contributed by atoms with Gasteiger partial charge in [-0.15, -0.1) is 24.8 Å². The van der Waals surface area contributed by atoms with Crippen molar-refractivity contribution in [3.05, 3.63) is 24.8 Å². The van der Waals surface area contributed by atoms with Crippen molar-refractivity contribution in [2.24, 2.45) is 5.92 Å². The minimum atomic E-state index is 0. The van der Waals surface area contributed by atoms with Crippen molar-refractivity contribution in [1.29, 1.82) is 0 Å². The summed E-state index contributed by atoms with van der Waals surface area (Å²) in [6.45, 7) is 4.29. The molecule has 0 radical (unpaired) electrons. The van der Waals surface area contributed by atoms with Crippen LogP contribution in [-0.4, -0.2) is 36.2 Å². The molecule has 132 valence electrons. The van der Waals surface area contributed by atoms with Gasteiger partial charge >= 0.3 is 0 Å². The van der Waals surface area contributed by atoms with Crippen molar-refractivity contribution in [1.82, 2.24) is 10.2 Å². The predicted octanol–water partition coefficient (Wildman–Crippen LogP) is 4.58. The van der Waals surface area contributed by atoms with E-state index in [4.69, 9.17) is 0 Å². The zero-order valence-electron chi connectivity index (χ0n) is 12.9. The highest BCUT2D eigenvalue weighted by atomic mass is 127. The molecule has 1 atom stereocenters. The Kier molecular flexibility index (Phi) is 9.77. The number of phenols is 1. The Morgan fingerprint density at radius 1 is 1.09 bits per heavy atom. The summed E-state index contributed by atoms with van der Waals surface area (Å²) in [5.74, 6) is 1.20. The number of aromatic hydroxyl groups is 1. The lowest BCUT2D eigenvalue weighted by molar-refractivity contribution is 0.123. The van der Waals surface area contributed by atoms with Gasteiger partial charge < -0.3 is 10.4 Å². The number of nitrogens with zero attached hydrogens (tertiary/aromatic N) is 1. The molecule has 0 spiro atoms. The van der Waals surface area contributed by atoms with Crippen LogP contribution >= 0.6 is 70.0 Å². The van der Waals surface area contributed by atoms with Gasteiger partial charge in [0.25, 0.3) is 0 Å². The maximum atomic E-state index is 10.6. The van der Waals surface area contributed by atoms with Crippen LogP contribution in [0.5, 0.6) is 5.75 Å². The zero-order chi connectivity index (χ0) is 14.8. The molecule has 23 heavy (non-hydrogen) atoms. The van der Waals surface area contributed by atoms with Gasteiger partial charge in [-0.1, -0.05) is 12.8 Å². The molecule has 1 aromatic rings. The molecule has 7 heteroatoms. The van der Waals surface area contributed by atoms with E-state index in [1.54, 1.807) is 0 Å². The normalized spacial score (nSPS) is 20.6. The number of phenolic OH excluding ortho intramolecular Hbond substituents is 1. The van der Waals surface area contributed by atoms with Gasteiger partial charge in [0.05, 0.1) is 3.57 Å². The van der Waals surface area contributed by atoms with E-state index in [9.17, 15) is 5.11 Å². The number of halogens is 4. The van der Waals surface area contributed by atoms with Gasteiger partial charge in [0.15, 0.2) is 0 Å². The average molecular weight is 585 g/mol. The van der Waals surface area contributed by atoms with E-state index in [0.29, 0.717) is 17.7 Å². The molecule has 2 N–H and O–H groups in total. The fourth-order valence-electron chi connectivity index (χ4n) is 3.79. The van der Waals surface area contributed by atoms with Gasteiger partial charge in [0.2, 0.25) is 0 Å². The van der Waals surface area contributed by atoms with Crippen LogP contribution in [0.2, 0.25) is 0 Å². The predicted molar refractivity (Wildman–Crippen MR) is 117 cm³/mol. The molecule has 2 aliphatic rings. The molecule has 1 saturated carbocycles. The maximum Gasteiger partial charge on any atom is 0.133 e. The lowest BCUT2D eigenvalue weighted by Gasteiger charge is -2.39. The molecule has 1 aromatic carbocycles. The standard InChI is InChI=1S/C16H22I2N2O.2ClH/c17-12-9-13(16(21)14(18)10-12)15(11-3-1-2-4-11)20-7-5-19-6-8-20;;/h9-11,15,19,21H,1-8H2;2*1H/t15-;;/m0../s1. The largest absolute Gasteiger partial charge is 0.506 e.